The molecule has 0 aliphatic rings. The van der Waals surface area contributed by atoms with Gasteiger partial charge in [-0.2, -0.15) is 0 Å². The first-order chi connectivity index (χ1) is 9.40. The summed E-state index contributed by atoms with van der Waals surface area (Å²) in [4.78, 5) is 24.1. The number of nitrogens with zero attached hydrogens (tertiary/aromatic N) is 2. The second-order valence-corrected chi connectivity index (χ2v) is 4.30. The Hall–Kier alpha value is -0.517. The minimum absolute atomic E-state index is 0. The molecule has 7 heteroatoms. The molecule has 120 valence electrons. The van der Waals surface area contributed by atoms with Crippen LogP contribution in [0.3, 0.4) is 0 Å². The van der Waals surface area contributed by atoms with Crippen molar-refractivity contribution >= 4 is 11.9 Å². The van der Waals surface area contributed by atoms with Crippen molar-refractivity contribution in [3.8, 4) is 0 Å². The van der Waals surface area contributed by atoms with Gasteiger partial charge in [-0.15, -0.1) is 0 Å². The molecular weight excluding hydrogens is 326 g/mol. The molecule has 0 fully saturated rings. The maximum atomic E-state index is 10.00. The Morgan fingerprint density at radius 2 is 0.952 bits per heavy atom. The molecule has 0 unspecified atom stereocenters. The summed E-state index contributed by atoms with van der Waals surface area (Å²) >= 11 is 0. The molecule has 0 spiro atoms. The largest absolute Gasteiger partial charge is 2.00 e. The molecule has 0 amide bonds. The summed E-state index contributed by atoms with van der Waals surface area (Å²) in [6.45, 7) is 12.9. The molecule has 0 bridgehead atoms. The van der Waals surface area contributed by atoms with Crippen LogP contribution < -0.4 is 10.2 Å². The minimum atomic E-state index is -0.966. The summed E-state index contributed by atoms with van der Waals surface area (Å²) in [6, 6.07) is 0. The maximum absolute atomic E-state index is 10.00. The Morgan fingerprint density at radius 1 is 0.714 bits per heavy atom. The van der Waals surface area contributed by atoms with Crippen molar-refractivity contribution in [2.75, 3.05) is 39.3 Å². The first kappa shape index (κ1) is 25.4. The van der Waals surface area contributed by atoms with E-state index in [1.54, 1.807) is 0 Å². The molecule has 6 nitrogen and oxygen atoms in total. The van der Waals surface area contributed by atoms with Crippen LogP contribution >= 0.6 is 0 Å². The van der Waals surface area contributed by atoms with E-state index in [1.807, 2.05) is 27.7 Å². The van der Waals surface area contributed by atoms with Gasteiger partial charge < -0.3 is 29.6 Å². The number of carbonyl (C=O) groups excluding carboxylic acids is 2. The first-order valence-corrected chi connectivity index (χ1v) is 7.25. The van der Waals surface area contributed by atoms with Crippen LogP contribution in [-0.2, 0) is 29.1 Å². The van der Waals surface area contributed by atoms with Gasteiger partial charge in [0.05, 0.1) is 0 Å². The van der Waals surface area contributed by atoms with Crippen LogP contribution in [0.1, 0.15) is 40.5 Å². The third-order valence-corrected chi connectivity index (χ3v) is 3.05. The molecule has 0 aliphatic carbocycles. The number of aliphatic carboxylic acids is 2. The van der Waals surface area contributed by atoms with Crippen molar-refractivity contribution in [2.45, 2.75) is 40.5 Å². The van der Waals surface area contributed by atoms with Crippen LogP contribution in [0.2, 0.25) is 0 Å². The van der Waals surface area contributed by atoms with Crippen LogP contribution in [0.5, 0.6) is 0 Å². The summed E-state index contributed by atoms with van der Waals surface area (Å²) in [7, 11) is 0. The molecule has 0 rings (SSSR count). The van der Waals surface area contributed by atoms with Gasteiger partial charge in [-0.25, -0.2) is 0 Å². The molecule has 0 radical (unpaired) electrons. The molecule has 21 heavy (non-hydrogen) atoms. The molecule has 0 aliphatic heterocycles. The summed E-state index contributed by atoms with van der Waals surface area (Å²) in [5.41, 5.74) is 0. The van der Waals surface area contributed by atoms with E-state index in [0.29, 0.717) is 13.1 Å². The average Bonchev–Trinajstić information content (AvgIpc) is 2.41. The van der Waals surface area contributed by atoms with E-state index in [9.17, 15) is 19.8 Å². The topological polar surface area (TPSA) is 86.7 Å². The van der Waals surface area contributed by atoms with Gasteiger partial charge in [0.1, 0.15) is 0 Å². The van der Waals surface area contributed by atoms with Crippen molar-refractivity contribution in [1.82, 2.24) is 9.80 Å². The monoisotopic (exact) mass is 352 g/mol. The van der Waals surface area contributed by atoms with E-state index in [-0.39, 0.29) is 32.3 Å². The predicted octanol–water partition coefficient (Wildman–Crippen LogP) is -1.07. The second-order valence-electron chi connectivity index (χ2n) is 4.30. The van der Waals surface area contributed by atoms with Gasteiger partial charge in [0.15, 0.2) is 0 Å². The first-order valence-electron chi connectivity index (χ1n) is 7.25. The SMILES string of the molecule is CCN(CC)CCC(=O)[O-].CCN(CC)CCC(=O)[O-].[Zn+2]. The molecule has 0 N–H and O–H groups in total. The fraction of sp³-hybridized carbons (Fsp3) is 0.857. The Kier molecular flexibility index (Phi) is 21.2. The maximum Gasteiger partial charge on any atom is 2.00 e. The molecule has 0 aromatic carbocycles. The standard InChI is InChI=1S/2C7H15NO2.Zn/c2*1-3-8(4-2)6-5-7(9)10;/h2*3-6H2,1-2H3,(H,9,10);/q;;+2/p-2. The summed E-state index contributed by atoms with van der Waals surface area (Å²) in [5, 5.41) is 20.0. The van der Waals surface area contributed by atoms with Crippen molar-refractivity contribution in [1.29, 1.82) is 0 Å². The Morgan fingerprint density at radius 3 is 1.10 bits per heavy atom. The Bertz CT molecular complexity index is 231. The van der Waals surface area contributed by atoms with Crippen molar-refractivity contribution in [3.63, 3.8) is 0 Å². The van der Waals surface area contributed by atoms with E-state index in [2.05, 4.69) is 9.80 Å². The molecule has 0 aromatic rings. The van der Waals surface area contributed by atoms with E-state index in [0.717, 1.165) is 26.2 Å². The van der Waals surface area contributed by atoms with E-state index in [1.165, 1.54) is 0 Å². The summed E-state index contributed by atoms with van der Waals surface area (Å²) < 4.78 is 0. The zero-order valence-electron chi connectivity index (χ0n) is 13.9. The number of hydrogen-bond acceptors (Lipinski definition) is 6. The quantitative estimate of drug-likeness (QED) is 0.465. The number of hydrogen-bond donors (Lipinski definition) is 0. The van der Waals surface area contributed by atoms with Gasteiger partial charge in [0, 0.05) is 25.0 Å². The van der Waals surface area contributed by atoms with Gasteiger partial charge in [-0.3, -0.25) is 0 Å². The average molecular weight is 354 g/mol. The van der Waals surface area contributed by atoms with Crippen molar-refractivity contribution in [3.05, 3.63) is 0 Å². The molecule has 0 atom stereocenters. The van der Waals surface area contributed by atoms with Crippen LogP contribution in [0.15, 0.2) is 0 Å². The number of carboxylic acids is 2. The normalized spacial score (nSPS) is 9.81. The second kappa shape index (κ2) is 17.5. The number of rotatable bonds is 10. The van der Waals surface area contributed by atoms with Gasteiger partial charge >= 0.3 is 19.5 Å². The van der Waals surface area contributed by atoms with E-state index >= 15 is 0 Å². The van der Waals surface area contributed by atoms with Gasteiger partial charge in [-0.05, 0) is 39.0 Å². The van der Waals surface area contributed by atoms with Crippen LogP contribution in [0.25, 0.3) is 0 Å². The van der Waals surface area contributed by atoms with E-state index < -0.39 is 11.9 Å². The Labute approximate surface area is 141 Å². The van der Waals surface area contributed by atoms with Crippen LogP contribution in [0, 0.1) is 0 Å². The third-order valence-electron chi connectivity index (χ3n) is 3.05. The van der Waals surface area contributed by atoms with Crippen LogP contribution in [-0.4, -0.2) is 61.0 Å². The fourth-order valence-electron chi connectivity index (χ4n) is 1.58. The fourth-order valence-corrected chi connectivity index (χ4v) is 1.58. The minimum Gasteiger partial charge on any atom is -0.550 e. The predicted molar refractivity (Wildman–Crippen MR) is 74.8 cm³/mol. The van der Waals surface area contributed by atoms with Crippen molar-refractivity contribution < 1.29 is 39.3 Å². The van der Waals surface area contributed by atoms with Crippen LogP contribution in [0.4, 0.5) is 0 Å². The number of carboxylic acid groups (broad SMARTS) is 2. The smallest absolute Gasteiger partial charge is 0.550 e. The Balaban J connectivity index is -0.000000295. The van der Waals surface area contributed by atoms with Gasteiger partial charge in [-0.1, -0.05) is 27.7 Å². The van der Waals surface area contributed by atoms with Gasteiger partial charge in [0.2, 0.25) is 0 Å². The summed E-state index contributed by atoms with van der Waals surface area (Å²) in [6.07, 6.45) is 0.281. The van der Waals surface area contributed by atoms with Crippen molar-refractivity contribution in [2.24, 2.45) is 0 Å². The molecule has 0 saturated carbocycles. The van der Waals surface area contributed by atoms with E-state index in [4.69, 9.17) is 0 Å². The molecular formula is C14H28N2O4Zn. The van der Waals surface area contributed by atoms with Gasteiger partial charge in [0.25, 0.3) is 0 Å². The summed E-state index contributed by atoms with van der Waals surface area (Å²) in [5.74, 6) is -1.93. The third kappa shape index (κ3) is 19.5. The zero-order valence-corrected chi connectivity index (χ0v) is 16.9. The number of carbonyl (C=O) groups is 2. The molecule has 0 aromatic heterocycles. The molecule has 0 saturated heterocycles. The molecule has 0 heterocycles. The zero-order chi connectivity index (χ0) is 16.0.